The lowest BCUT2D eigenvalue weighted by Crippen LogP contribution is -2.62. The number of rotatable bonds is 7. The van der Waals surface area contributed by atoms with Gasteiger partial charge < -0.3 is 30.1 Å². The van der Waals surface area contributed by atoms with Crippen molar-refractivity contribution < 1.29 is 29.6 Å². The Morgan fingerprint density at radius 3 is 2.65 bits per heavy atom. The topological polar surface area (TPSA) is 131 Å². The number of aromatic nitrogens is 3. The van der Waals surface area contributed by atoms with Crippen LogP contribution in [0.3, 0.4) is 0 Å². The second kappa shape index (κ2) is 10.7. The molecule has 2 fully saturated rings. The van der Waals surface area contributed by atoms with Crippen LogP contribution in [0.1, 0.15) is 50.7 Å². The van der Waals surface area contributed by atoms with Crippen molar-refractivity contribution in [2.75, 3.05) is 6.61 Å². The van der Waals surface area contributed by atoms with Gasteiger partial charge in [0.05, 0.1) is 11.6 Å². The third-order valence-corrected chi connectivity index (χ3v) is 6.99. The molecule has 1 amide bonds. The SMILES string of the molecule is CC(=O)N[C@@H]1[C@@H](O)[C@H](O)[C@@H](CO)O[C@H]1n1nc(COc2ccccc2Cl)n(C2CCCC2)c1=S. The van der Waals surface area contributed by atoms with E-state index in [9.17, 15) is 20.1 Å². The summed E-state index contributed by atoms with van der Waals surface area (Å²) in [6.07, 6.45) is -0.933. The largest absolute Gasteiger partial charge is 0.484 e. The first-order valence-electron chi connectivity index (χ1n) is 11.3. The number of aliphatic hydroxyl groups is 3. The van der Waals surface area contributed by atoms with Crippen LogP contribution >= 0.6 is 23.8 Å². The monoisotopic (exact) mass is 512 g/mol. The van der Waals surface area contributed by atoms with Crippen LogP contribution in [0.2, 0.25) is 5.02 Å². The number of halogens is 1. The Hall–Kier alpha value is -2.02. The van der Waals surface area contributed by atoms with Crippen molar-refractivity contribution >= 4 is 29.7 Å². The number of nitrogens with one attached hydrogen (secondary N) is 1. The molecule has 0 radical (unpaired) electrons. The van der Waals surface area contributed by atoms with Gasteiger partial charge in [-0.25, -0.2) is 4.68 Å². The Bertz CT molecular complexity index is 1070. The molecule has 10 nitrogen and oxygen atoms in total. The zero-order chi connectivity index (χ0) is 24.4. The number of hydrogen-bond donors (Lipinski definition) is 4. The first-order chi connectivity index (χ1) is 16.3. The quantitative estimate of drug-likeness (QED) is 0.414. The molecule has 2 heterocycles. The van der Waals surface area contributed by atoms with Gasteiger partial charge in [0, 0.05) is 13.0 Å². The minimum atomic E-state index is -1.40. The van der Waals surface area contributed by atoms with E-state index in [1.165, 1.54) is 11.6 Å². The Labute approximate surface area is 207 Å². The molecular weight excluding hydrogens is 484 g/mol. The lowest BCUT2D eigenvalue weighted by Gasteiger charge is -2.42. The zero-order valence-electron chi connectivity index (χ0n) is 18.7. The number of para-hydroxylation sites is 1. The number of carbonyl (C=O) groups excluding carboxylic acids is 1. The fourth-order valence-electron chi connectivity index (χ4n) is 4.63. The van der Waals surface area contributed by atoms with Gasteiger partial charge in [0.1, 0.15) is 36.7 Å². The van der Waals surface area contributed by atoms with Crippen molar-refractivity contribution in [3.05, 3.63) is 39.9 Å². The third kappa shape index (κ3) is 5.00. The average Bonchev–Trinajstić information content (AvgIpc) is 3.44. The van der Waals surface area contributed by atoms with E-state index in [0.29, 0.717) is 21.4 Å². The molecule has 2 aromatic rings. The highest BCUT2D eigenvalue weighted by Gasteiger charge is 2.46. The average molecular weight is 513 g/mol. The Balaban J connectivity index is 1.72. The van der Waals surface area contributed by atoms with Gasteiger partial charge in [-0.15, -0.1) is 0 Å². The zero-order valence-corrected chi connectivity index (χ0v) is 20.3. The number of carbonyl (C=O) groups is 1. The molecule has 1 aliphatic carbocycles. The molecule has 0 spiro atoms. The van der Waals surface area contributed by atoms with Gasteiger partial charge in [-0.3, -0.25) is 9.36 Å². The van der Waals surface area contributed by atoms with Crippen LogP contribution in [0.5, 0.6) is 5.75 Å². The summed E-state index contributed by atoms with van der Waals surface area (Å²) in [4.78, 5) is 11.8. The van der Waals surface area contributed by atoms with Crippen LogP contribution < -0.4 is 10.1 Å². The highest BCUT2D eigenvalue weighted by atomic mass is 35.5. The van der Waals surface area contributed by atoms with Gasteiger partial charge in [-0.05, 0) is 37.2 Å². The minimum absolute atomic E-state index is 0.0863. The highest BCUT2D eigenvalue weighted by Crippen LogP contribution is 2.34. The van der Waals surface area contributed by atoms with Gasteiger partial charge in [0.25, 0.3) is 0 Å². The Morgan fingerprint density at radius 2 is 2.00 bits per heavy atom. The van der Waals surface area contributed by atoms with Crippen molar-refractivity contribution in [2.45, 2.75) is 75.8 Å². The van der Waals surface area contributed by atoms with E-state index in [-0.39, 0.29) is 12.6 Å². The van der Waals surface area contributed by atoms with E-state index in [1.807, 2.05) is 16.7 Å². The molecule has 1 aliphatic heterocycles. The van der Waals surface area contributed by atoms with Crippen molar-refractivity contribution in [2.24, 2.45) is 0 Å². The lowest BCUT2D eigenvalue weighted by atomic mass is 9.96. The molecule has 4 N–H and O–H groups in total. The van der Waals surface area contributed by atoms with Gasteiger partial charge >= 0.3 is 0 Å². The molecule has 2 aliphatic rings. The standard InChI is InChI=1S/C22H29ClN4O6S/c1-12(29)24-18-20(31)19(30)16(10-28)33-21(18)27-22(34)26(13-6-2-3-7-13)17(25-27)11-32-15-9-5-4-8-14(15)23/h4-5,8-9,13,16,18-21,28,30-31H,2-3,6-7,10-11H2,1H3,(H,24,29)/t16-,18-,19-,20-,21-/m1/s1. The third-order valence-electron chi connectivity index (χ3n) is 6.30. The molecule has 1 saturated carbocycles. The molecule has 1 aromatic heterocycles. The maximum atomic E-state index is 11.8. The summed E-state index contributed by atoms with van der Waals surface area (Å²) in [7, 11) is 0. The fourth-order valence-corrected chi connectivity index (χ4v) is 5.22. The Morgan fingerprint density at radius 1 is 1.29 bits per heavy atom. The van der Waals surface area contributed by atoms with Crippen molar-refractivity contribution in [1.29, 1.82) is 0 Å². The summed E-state index contributed by atoms with van der Waals surface area (Å²) < 4.78 is 15.5. The number of benzene rings is 1. The predicted octanol–water partition coefficient (Wildman–Crippen LogP) is 1.88. The fraction of sp³-hybridized carbons (Fsp3) is 0.591. The number of hydrogen-bond acceptors (Lipinski definition) is 8. The van der Waals surface area contributed by atoms with Gasteiger partial charge in [0.15, 0.2) is 12.1 Å². The van der Waals surface area contributed by atoms with Crippen LogP contribution in [-0.2, 0) is 16.1 Å². The molecule has 34 heavy (non-hydrogen) atoms. The van der Waals surface area contributed by atoms with Crippen LogP contribution in [0.25, 0.3) is 0 Å². The molecule has 186 valence electrons. The van der Waals surface area contributed by atoms with E-state index in [0.717, 1.165) is 25.7 Å². The summed E-state index contributed by atoms with van der Waals surface area (Å²) in [6.45, 7) is 0.858. The van der Waals surface area contributed by atoms with Crippen LogP contribution in [-0.4, -0.2) is 66.5 Å². The first-order valence-corrected chi connectivity index (χ1v) is 12.1. The molecule has 4 rings (SSSR count). The van der Waals surface area contributed by atoms with Gasteiger partial charge in [-0.1, -0.05) is 36.6 Å². The molecule has 1 aromatic carbocycles. The number of nitrogens with zero attached hydrogens (tertiary/aromatic N) is 3. The maximum absolute atomic E-state index is 11.8. The van der Waals surface area contributed by atoms with Crippen molar-refractivity contribution in [1.82, 2.24) is 19.7 Å². The van der Waals surface area contributed by atoms with E-state index >= 15 is 0 Å². The first kappa shape index (κ1) is 25.1. The van der Waals surface area contributed by atoms with Crippen LogP contribution in [0.15, 0.2) is 24.3 Å². The summed E-state index contributed by atoms with van der Waals surface area (Å²) in [6, 6.07) is 6.20. The lowest BCUT2D eigenvalue weighted by molar-refractivity contribution is -0.219. The van der Waals surface area contributed by atoms with E-state index in [4.69, 9.17) is 33.3 Å². The smallest absolute Gasteiger partial charge is 0.217 e. The van der Waals surface area contributed by atoms with Crippen molar-refractivity contribution in [3.63, 3.8) is 0 Å². The molecule has 5 atom stereocenters. The molecule has 12 heteroatoms. The normalized spacial score (nSPS) is 27.6. The summed E-state index contributed by atoms with van der Waals surface area (Å²) in [5.41, 5.74) is 0. The van der Waals surface area contributed by atoms with Gasteiger partial charge in [-0.2, -0.15) is 5.10 Å². The molecule has 0 bridgehead atoms. The van der Waals surface area contributed by atoms with E-state index in [2.05, 4.69) is 10.4 Å². The number of aliphatic hydroxyl groups excluding tert-OH is 3. The number of amides is 1. The molecular formula is C22H29ClN4O6S. The maximum Gasteiger partial charge on any atom is 0.217 e. The van der Waals surface area contributed by atoms with Crippen molar-refractivity contribution in [3.8, 4) is 5.75 Å². The highest BCUT2D eigenvalue weighted by molar-refractivity contribution is 7.71. The molecule has 0 unspecified atom stereocenters. The minimum Gasteiger partial charge on any atom is -0.484 e. The van der Waals surface area contributed by atoms with E-state index < -0.39 is 43.1 Å². The Kier molecular flexibility index (Phi) is 7.90. The second-order valence-electron chi connectivity index (χ2n) is 8.63. The van der Waals surface area contributed by atoms with Gasteiger partial charge in [0.2, 0.25) is 10.7 Å². The van der Waals surface area contributed by atoms with Crippen LogP contribution in [0.4, 0.5) is 0 Å². The molecule has 1 saturated heterocycles. The van der Waals surface area contributed by atoms with E-state index in [1.54, 1.807) is 12.1 Å². The van der Waals surface area contributed by atoms with Crippen LogP contribution in [0, 0.1) is 4.77 Å². The predicted molar refractivity (Wildman–Crippen MR) is 125 cm³/mol. The summed E-state index contributed by atoms with van der Waals surface area (Å²) in [5, 5.41) is 38.5. The number of ether oxygens (including phenoxy) is 2. The summed E-state index contributed by atoms with van der Waals surface area (Å²) >= 11 is 12.0. The second-order valence-corrected chi connectivity index (χ2v) is 9.40. The summed E-state index contributed by atoms with van der Waals surface area (Å²) in [5.74, 6) is 0.631.